The number of carbonyl (C=O) groups excluding carboxylic acids is 1. The Morgan fingerprint density at radius 1 is 1.56 bits per heavy atom. The molecule has 0 fully saturated rings. The maximum absolute atomic E-state index is 11.4. The molecule has 1 aromatic heterocycles. The van der Waals surface area contributed by atoms with E-state index in [1.165, 1.54) is 19.2 Å². The number of aromatic nitrogens is 1. The summed E-state index contributed by atoms with van der Waals surface area (Å²) in [6.45, 7) is 0.914. The number of nitrogens with zero attached hydrogens (tertiary/aromatic N) is 1. The van der Waals surface area contributed by atoms with Crippen molar-refractivity contribution in [1.29, 1.82) is 0 Å². The fraction of sp³-hybridized carbons (Fsp3) is 0.300. The van der Waals surface area contributed by atoms with Crippen molar-refractivity contribution in [3.8, 4) is 0 Å². The average Bonchev–Trinajstić information content (AvgIpc) is 2.29. The van der Waals surface area contributed by atoms with Gasteiger partial charge in [0.15, 0.2) is 11.9 Å². The number of carbonyl (C=O) groups is 2. The molecule has 1 amide bonds. The van der Waals surface area contributed by atoms with Gasteiger partial charge in [-0.05, 0) is 13.0 Å². The SMILES string of the molecule is C[C@@H](OCC(=O)Nc1ncc(Cl)cc1Cl)C(=O)O. The molecule has 0 aromatic carbocycles. The van der Waals surface area contributed by atoms with Crippen molar-refractivity contribution in [1.82, 2.24) is 4.98 Å². The summed E-state index contributed by atoms with van der Waals surface area (Å²) < 4.78 is 4.79. The minimum absolute atomic E-state index is 0.137. The summed E-state index contributed by atoms with van der Waals surface area (Å²) >= 11 is 11.4. The van der Waals surface area contributed by atoms with E-state index in [2.05, 4.69) is 10.3 Å². The minimum atomic E-state index is -1.15. The van der Waals surface area contributed by atoms with Gasteiger partial charge in [0.2, 0.25) is 0 Å². The summed E-state index contributed by atoms with van der Waals surface area (Å²) in [6.07, 6.45) is 0.258. The Morgan fingerprint density at radius 3 is 2.78 bits per heavy atom. The van der Waals surface area contributed by atoms with E-state index in [0.717, 1.165) is 0 Å². The standard InChI is InChI=1S/C10H10Cl2N2O4/c1-5(10(16)17)18-4-8(15)14-9-7(12)2-6(11)3-13-9/h2-3,5H,4H2,1H3,(H,16,17)(H,13,14,15)/t5-/m1/s1. The van der Waals surface area contributed by atoms with Gasteiger partial charge in [0.25, 0.3) is 5.91 Å². The maximum Gasteiger partial charge on any atom is 0.332 e. The number of hydrogen-bond donors (Lipinski definition) is 2. The first kappa shape index (κ1) is 14.7. The van der Waals surface area contributed by atoms with Crippen LogP contribution in [0.2, 0.25) is 10.0 Å². The van der Waals surface area contributed by atoms with Crippen LogP contribution in [0.25, 0.3) is 0 Å². The van der Waals surface area contributed by atoms with Gasteiger partial charge in [-0.2, -0.15) is 0 Å². The lowest BCUT2D eigenvalue weighted by molar-refractivity contribution is -0.150. The van der Waals surface area contributed by atoms with Gasteiger partial charge in [0.1, 0.15) is 6.61 Å². The summed E-state index contributed by atoms with van der Waals surface area (Å²) in [4.78, 5) is 25.7. The first-order valence-electron chi connectivity index (χ1n) is 4.85. The molecule has 2 N–H and O–H groups in total. The molecule has 6 nitrogen and oxygen atoms in total. The van der Waals surface area contributed by atoms with Crippen LogP contribution in [-0.2, 0) is 14.3 Å². The zero-order valence-electron chi connectivity index (χ0n) is 9.31. The number of carboxylic acid groups (broad SMARTS) is 1. The van der Waals surface area contributed by atoms with E-state index in [1.807, 2.05) is 0 Å². The monoisotopic (exact) mass is 292 g/mol. The fourth-order valence-electron chi connectivity index (χ4n) is 0.947. The normalized spacial score (nSPS) is 11.9. The van der Waals surface area contributed by atoms with Gasteiger partial charge in [-0.15, -0.1) is 0 Å². The highest BCUT2D eigenvalue weighted by Gasteiger charge is 2.14. The van der Waals surface area contributed by atoms with Crippen LogP contribution in [0.15, 0.2) is 12.3 Å². The lowest BCUT2D eigenvalue weighted by atomic mass is 10.4. The predicted molar refractivity (Wildman–Crippen MR) is 65.9 cm³/mol. The van der Waals surface area contributed by atoms with Gasteiger partial charge < -0.3 is 15.2 Å². The highest BCUT2D eigenvalue weighted by molar-refractivity contribution is 6.36. The third-order valence-corrected chi connectivity index (χ3v) is 2.37. The summed E-state index contributed by atoms with van der Waals surface area (Å²) in [5.41, 5.74) is 0. The van der Waals surface area contributed by atoms with Crippen LogP contribution in [0.5, 0.6) is 0 Å². The van der Waals surface area contributed by atoms with Crippen LogP contribution in [0.4, 0.5) is 5.82 Å². The van der Waals surface area contributed by atoms with Gasteiger partial charge in [-0.25, -0.2) is 9.78 Å². The number of hydrogen-bond acceptors (Lipinski definition) is 4. The molecule has 98 valence electrons. The van der Waals surface area contributed by atoms with E-state index >= 15 is 0 Å². The first-order valence-corrected chi connectivity index (χ1v) is 5.61. The molecule has 0 saturated heterocycles. The molecule has 0 aliphatic carbocycles. The first-order chi connectivity index (χ1) is 8.40. The van der Waals surface area contributed by atoms with Crippen LogP contribution >= 0.6 is 23.2 Å². The highest BCUT2D eigenvalue weighted by atomic mass is 35.5. The van der Waals surface area contributed by atoms with Crippen molar-refractivity contribution in [3.63, 3.8) is 0 Å². The fourth-order valence-corrected chi connectivity index (χ4v) is 1.37. The Morgan fingerprint density at radius 2 is 2.22 bits per heavy atom. The molecule has 0 aliphatic rings. The lowest BCUT2D eigenvalue weighted by Crippen LogP contribution is -2.26. The van der Waals surface area contributed by atoms with Crippen molar-refractivity contribution < 1.29 is 19.4 Å². The third kappa shape index (κ3) is 4.48. The molecule has 0 radical (unpaired) electrons. The largest absolute Gasteiger partial charge is 0.479 e. The molecule has 0 aliphatic heterocycles. The molecule has 18 heavy (non-hydrogen) atoms. The van der Waals surface area contributed by atoms with Crippen molar-refractivity contribution >= 4 is 40.9 Å². The molecule has 0 saturated carbocycles. The van der Waals surface area contributed by atoms with Gasteiger partial charge in [0, 0.05) is 6.20 Å². The van der Waals surface area contributed by atoms with Crippen LogP contribution in [-0.4, -0.2) is 34.7 Å². The number of carboxylic acids is 1. The Hall–Kier alpha value is -1.37. The molecule has 0 unspecified atom stereocenters. The number of aliphatic carboxylic acids is 1. The second-order valence-corrected chi connectivity index (χ2v) is 4.17. The predicted octanol–water partition coefficient (Wildman–Crippen LogP) is 1.82. The Labute approximate surface area is 113 Å². The van der Waals surface area contributed by atoms with E-state index in [0.29, 0.717) is 5.02 Å². The number of nitrogens with one attached hydrogen (secondary N) is 1. The quantitative estimate of drug-likeness (QED) is 0.864. The van der Waals surface area contributed by atoms with Crippen LogP contribution < -0.4 is 5.32 Å². The van der Waals surface area contributed by atoms with Crippen LogP contribution in [0.1, 0.15) is 6.92 Å². The second kappa shape index (κ2) is 6.53. The molecule has 1 rings (SSSR count). The van der Waals surface area contributed by atoms with E-state index in [1.54, 1.807) is 0 Å². The van der Waals surface area contributed by atoms with Crippen molar-refractivity contribution in [2.45, 2.75) is 13.0 Å². The van der Waals surface area contributed by atoms with Gasteiger partial charge >= 0.3 is 5.97 Å². The van der Waals surface area contributed by atoms with E-state index in [4.69, 9.17) is 33.0 Å². The van der Waals surface area contributed by atoms with Crippen LogP contribution in [0.3, 0.4) is 0 Å². The molecular weight excluding hydrogens is 283 g/mol. The van der Waals surface area contributed by atoms with Gasteiger partial charge in [-0.1, -0.05) is 23.2 Å². The Bertz CT molecular complexity index is 467. The Balaban J connectivity index is 2.52. The summed E-state index contributed by atoms with van der Waals surface area (Å²) in [5, 5.41) is 11.5. The highest BCUT2D eigenvalue weighted by Crippen LogP contribution is 2.22. The molecular formula is C10H10Cl2N2O4. The molecule has 0 spiro atoms. The maximum atomic E-state index is 11.4. The number of anilines is 1. The second-order valence-electron chi connectivity index (χ2n) is 3.32. The topological polar surface area (TPSA) is 88.5 Å². The van der Waals surface area contributed by atoms with Crippen LogP contribution in [0, 0.1) is 0 Å². The molecule has 1 atom stereocenters. The van der Waals surface area contributed by atoms with Crippen molar-refractivity contribution in [3.05, 3.63) is 22.3 Å². The molecule has 0 bridgehead atoms. The minimum Gasteiger partial charge on any atom is -0.479 e. The molecule has 1 aromatic rings. The molecule has 1 heterocycles. The number of halogens is 2. The molecule has 8 heteroatoms. The summed E-state index contributed by atoms with van der Waals surface area (Å²) in [5.74, 6) is -1.57. The number of ether oxygens (including phenoxy) is 1. The van der Waals surface area contributed by atoms with E-state index in [9.17, 15) is 9.59 Å². The number of rotatable bonds is 5. The average molecular weight is 293 g/mol. The Kier molecular flexibility index (Phi) is 5.33. The van der Waals surface area contributed by atoms with E-state index < -0.39 is 24.6 Å². The van der Waals surface area contributed by atoms with Gasteiger partial charge in [-0.3, -0.25) is 4.79 Å². The smallest absolute Gasteiger partial charge is 0.332 e. The third-order valence-electron chi connectivity index (χ3n) is 1.88. The zero-order chi connectivity index (χ0) is 13.7. The van der Waals surface area contributed by atoms with Crippen molar-refractivity contribution in [2.75, 3.05) is 11.9 Å². The zero-order valence-corrected chi connectivity index (χ0v) is 10.8. The summed E-state index contributed by atoms with van der Waals surface area (Å²) in [7, 11) is 0. The van der Waals surface area contributed by atoms with Gasteiger partial charge in [0.05, 0.1) is 10.0 Å². The lowest BCUT2D eigenvalue weighted by Gasteiger charge is -2.09. The number of amides is 1. The summed E-state index contributed by atoms with van der Waals surface area (Å²) in [6, 6.07) is 1.42. The van der Waals surface area contributed by atoms with E-state index in [-0.39, 0.29) is 10.8 Å². The van der Waals surface area contributed by atoms with Crippen molar-refractivity contribution in [2.24, 2.45) is 0 Å². The number of pyridine rings is 1.